The summed E-state index contributed by atoms with van der Waals surface area (Å²) in [6.45, 7) is 6.56. The van der Waals surface area contributed by atoms with Gasteiger partial charge in [-0.2, -0.15) is 0 Å². The Labute approximate surface area is 120 Å². The number of ether oxygens (including phenoxy) is 2. The maximum Gasteiger partial charge on any atom is 0.133 e. The van der Waals surface area contributed by atoms with Crippen LogP contribution in [0.4, 0.5) is 0 Å². The Balaban J connectivity index is 1.69. The van der Waals surface area contributed by atoms with Gasteiger partial charge < -0.3 is 14.0 Å². The summed E-state index contributed by atoms with van der Waals surface area (Å²) in [5.41, 5.74) is 1.18. The van der Waals surface area contributed by atoms with E-state index >= 15 is 0 Å². The summed E-state index contributed by atoms with van der Waals surface area (Å²) in [5, 5.41) is 4.10. The van der Waals surface area contributed by atoms with Crippen LogP contribution in [-0.4, -0.2) is 49.6 Å². The zero-order valence-electron chi connectivity index (χ0n) is 12.4. The number of rotatable bonds is 4. The second-order valence-electron chi connectivity index (χ2n) is 6.19. The third kappa shape index (κ3) is 2.75. The molecule has 0 radical (unpaired) electrons. The largest absolute Gasteiger partial charge is 0.384 e. The monoisotopic (exact) mass is 280 g/mol. The number of piperidine rings is 1. The summed E-state index contributed by atoms with van der Waals surface area (Å²) in [5.74, 6) is 0.877. The van der Waals surface area contributed by atoms with Gasteiger partial charge in [0.1, 0.15) is 5.76 Å². The van der Waals surface area contributed by atoms with E-state index in [1.165, 1.54) is 6.42 Å². The van der Waals surface area contributed by atoms with Crippen LogP contribution in [0.15, 0.2) is 10.6 Å². The standard InChI is InChI=1S/C15H24N2O3/c1-12-8-13(16-20-12)9-17-6-4-14-15(10-17,11-18-2)5-3-7-19-14/h8,14H,3-7,9-11H2,1-2H3/t14-,15+/m1/s1. The SMILES string of the molecule is COC[C@@]12CCCO[C@@H]1CCN(Cc1cc(C)on1)C2. The summed E-state index contributed by atoms with van der Waals surface area (Å²) in [7, 11) is 1.79. The molecule has 2 saturated heterocycles. The van der Waals surface area contributed by atoms with Gasteiger partial charge >= 0.3 is 0 Å². The van der Waals surface area contributed by atoms with Gasteiger partial charge in [-0.15, -0.1) is 0 Å². The molecule has 0 unspecified atom stereocenters. The van der Waals surface area contributed by atoms with Gasteiger partial charge in [0.05, 0.1) is 18.4 Å². The molecule has 2 atom stereocenters. The topological polar surface area (TPSA) is 47.7 Å². The zero-order valence-corrected chi connectivity index (χ0v) is 12.4. The number of hydrogen-bond donors (Lipinski definition) is 0. The molecule has 2 fully saturated rings. The van der Waals surface area contributed by atoms with E-state index in [1.54, 1.807) is 7.11 Å². The molecule has 2 aliphatic heterocycles. The fourth-order valence-electron chi connectivity index (χ4n) is 3.74. The lowest BCUT2D eigenvalue weighted by Crippen LogP contribution is -2.56. The number of hydrogen-bond acceptors (Lipinski definition) is 5. The van der Waals surface area contributed by atoms with Crippen LogP contribution in [0, 0.1) is 12.3 Å². The van der Waals surface area contributed by atoms with Crippen LogP contribution < -0.4 is 0 Å². The molecule has 112 valence electrons. The van der Waals surface area contributed by atoms with E-state index in [9.17, 15) is 0 Å². The first-order chi connectivity index (χ1) is 9.72. The number of methoxy groups -OCH3 is 1. The Kier molecular flexibility index (Phi) is 4.10. The molecule has 1 aromatic rings. The summed E-state index contributed by atoms with van der Waals surface area (Å²) in [4.78, 5) is 2.46. The van der Waals surface area contributed by atoms with Gasteiger partial charge in [0, 0.05) is 44.8 Å². The predicted molar refractivity (Wildman–Crippen MR) is 74.4 cm³/mol. The summed E-state index contributed by atoms with van der Waals surface area (Å²) >= 11 is 0. The van der Waals surface area contributed by atoms with E-state index in [4.69, 9.17) is 14.0 Å². The normalized spacial score (nSPS) is 31.2. The van der Waals surface area contributed by atoms with E-state index in [0.29, 0.717) is 6.10 Å². The van der Waals surface area contributed by atoms with Crippen molar-refractivity contribution in [3.05, 3.63) is 17.5 Å². The Morgan fingerprint density at radius 3 is 3.20 bits per heavy atom. The highest BCUT2D eigenvalue weighted by Crippen LogP contribution is 2.40. The Morgan fingerprint density at radius 2 is 2.45 bits per heavy atom. The van der Waals surface area contributed by atoms with Gasteiger partial charge in [0.25, 0.3) is 0 Å². The minimum Gasteiger partial charge on any atom is -0.384 e. The quantitative estimate of drug-likeness (QED) is 0.844. The fraction of sp³-hybridized carbons (Fsp3) is 0.800. The minimum atomic E-state index is 0.157. The third-order valence-electron chi connectivity index (χ3n) is 4.56. The molecule has 1 aromatic heterocycles. The van der Waals surface area contributed by atoms with E-state index in [-0.39, 0.29) is 5.41 Å². The molecule has 0 amide bonds. The second-order valence-corrected chi connectivity index (χ2v) is 6.19. The fourth-order valence-corrected chi connectivity index (χ4v) is 3.74. The molecule has 3 heterocycles. The summed E-state index contributed by atoms with van der Waals surface area (Å²) in [6.07, 6.45) is 3.77. The average molecular weight is 280 g/mol. The number of aromatic nitrogens is 1. The Bertz CT molecular complexity index is 444. The van der Waals surface area contributed by atoms with Crippen molar-refractivity contribution in [3.63, 3.8) is 0 Å². The van der Waals surface area contributed by atoms with Crippen LogP contribution >= 0.6 is 0 Å². The molecule has 5 nitrogen and oxygen atoms in total. The molecule has 3 rings (SSSR count). The molecule has 0 aromatic carbocycles. The van der Waals surface area contributed by atoms with Crippen molar-refractivity contribution in [2.24, 2.45) is 5.41 Å². The Hall–Kier alpha value is -0.910. The maximum absolute atomic E-state index is 6.00. The molecule has 0 bridgehead atoms. The predicted octanol–water partition coefficient (Wildman–Crippen LogP) is 2.00. The van der Waals surface area contributed by atoms with E-state index in [0.717, 1.165) is 57.1 Å². The maximum atomic E-state index is 6.00. The number of aryl methyl sites for hydroxylation is 1. The van der Waals surface area contributed by atoms with Crippen molar-refractivity contribution in [3.8, 4) is 0 Å². The van der Waals surface area contributed by atoms with E-state index in [2.05, 4.69) is 10.1 Å². The van der Waals surface area contributed by atoms with Crippen LogP contribution in [-0.2, 0) is 16.0 Å². The molecule has 0 spiro atoms. The smallest absolute Gasteiger partial charge is 0.133 e. The molecular weight excluding hydrogens is 256 g/mol. The number of fused-ring (bicyclic) bond motifs is 1. The van der Waals surface area contributed by atoms with Gasteiger partial charge in [0.15, 0.2) is 0 Å². The van der Waals surface area contributed by atoms with E-state index < -0.39 is 0 Å². The van der Waals surface area contributed by atoms with Crippen LogP contribution in [0.25, 0.3) is 0 Å². The molecule has 0 saturated carbocycles. The molecule has 5 heteroatoms. The zero-order chi connectivity index (χ0) is 14.0. The average Bonchev–Trinajstić information content (AvgIpc) is 2.84. The first kappa shape index (κ1) is 14.0. The molecule has 2 aliphatic rings. The second kappa shape index (κ2) is 5.84. The highest BCUT2D eigenvalue weighted by Gasteiger charge is 2.45. The van der Waals surface area contributed by atoms with Crippen LogP contribution in [0.5, 0.6) is 0 Å². The van der Waals surface area contributed by atoms with Crippen molar-refractivity contribution in [2.75, 3.05) is 33.4 Å². The van der Waals surface area contributed by atoms with Crippen molar-refractivity contribution >= 4 is 0 Å². The van der Waals surface area contributed by atoms with Crippen molar-refractivity contribution in [1.29, 1.82) is 0 Å². The van der Waals surface area contributed by atoms with Gasteiger partial charge in [-0.1, -0.05) is 5.16 Å². The number of nitrogens with zero attached hydrogens (tertiary/aromatic N) is 2. The number of likely N-dealkylation sites (tertiary alicyclic amines) is 1. The highest BCUT2D eigenvalue weighted by atomic mass is 16.5. The van der Waals surface area contributed by atoms with Crippen molar-refractivity contribution in [2.45, 2.75) is 38.8 Å². The van der Waals surface area contributed by atoms with Gasteiger partial charge in [-0.25, -0.2) is 0 Å². The molecule has 0 N–H and O–H groups in total. The Morgan fingerprint density at radius 1 is 1.55 bits per heavy atom. The molecule has 0 aliphatic carbocycles. The molecular formula is C15H24N2O3. The van der Waals surface area contributed by atoms with Crippen LogP contribution in [0.1, 0.15) is 30.7 Å². The first-order valence-electron chi connectivity index (χ1n) is 7.47. The lowest BCUT2D eigenvalue weighted by Gasteiger charge is -2.50. The van der Waals surface area contributed by atoms with Crippen molar-refractivity contribution in [1.82, 2.24) is 10.1 Å². The highest BCUT2D eigenvalue weighted by molar-refractivity contribution is 5.05. The summed E-state index contributed by atoms with van der Waals surface area (Å²) in [6, 6.07) is 2.02. The third-order valence-corrected chi connectivity index (χ3v) is 4.56. The minimum absolute atomic E-state index is 0.157. The van der Waals surface area contributed by atoms with E-state index in [1.807, 2.05) is 13.0 Å². The van der Waals surface area contributed by atoms with Crippen LogP contribution in [0.2, 0.25) is 0 Å². The summed E-state index contributed by atoms with van der Waals surface area (Å²) < 4.78 is 16.7. The first-order valence-corrected chi connectivity index (χ1v) is 7.47. The van der Waals surface area contributed by atoms with Gasteiger partial charge in [-0.3, -0.25) is 4.90 Å². The molecule has 20 heavy (non-hydrogen) atoms. The lowest BCUT2D eigenvalue weighted by molar-refractivity contribution is -0.149. The van der Waals surface area contributed by atoms with Gasteiger partial charge in [0.2, 0.25) is 0 Å². The van der Waals surface area contributed by atoms with Gasteiger partial charge in [-0.05, 0) is 26.2 Å². The van der Waals surface area contributed by atoms with Crippen LogP contribution in [0.3, 0.4) is 0 Å². The lowest BCUT2D eigenvalue weighted by atomic mass is 9.73. The van der Waals surface area contributed by atoms with Crippen molar-refractivity contribution < 1.29 is 14.0 Å².